The van der Waals surface area contributed by atoms with Gasteiger partial charge in [-0.2, -0.15) is 0 Å². The molecular formula is C26H30ClNO5. The standard InChI is InChI=1S/C26H30ClNO5/c1-4-7-8-14-28-23(17-10-9-11-19(15-17)32-5-2)22(25(30)26(28)31)24(29)18-12-13-20(27)21(16-18)33-6-3/h9-13,15-16,23,29H,4-8,14H2,1-3H3/b24-22-. The van der Waals surface area contributed by atoms with Crippen molar-refractivity contribution in [3.05, 3.63) is 64.2 Å². The van der Waals surface area contributed by atoms with Crippen molar-refractivity contribution in [2.24, 2.45) is 0 Å². The summed E-state index contributed by atoms with van der Waals surface area (Å²) in [5, 5.41) is 11.6. The van der Waals surface area contributed by atoms with Crippen LogP contribution in [0.25, 0.3) is 5.76 Å². The van der Waals surface area contributed by atoms with Crippen LogP contribution in [-0.2, 0) is 9.59 Å². The summed E-state index contributed by atoms with van der Waals surface area (Å²) < 4.78 is 11.2. The first-order valence-electron chi connectivity index (χ1n) is 11.4. The van der Waals surface area contributed by atoms with Gasteiger partial charge in [-0.3, -0.25) is 9.59 Å². The number of rotatable bonds is 10. The summed E-state index contributed by atoms with van der Waals surface area (Å²) in [6.07, 6.45) is 2.68. The monoisotopic (exact) mass is 471 g/mol. The molecule has 1 atom stereocenters. The van der Waals surface area contributed by atoms with E-state index in [4.69, 9.17) is 21.1 Å². The molecule has 0 aromatic heterocycles. The second-order valence-electron chi connectivity index (χ2n) is 7.78. The molecule has 1 aliphatic rings. The lowest BCUT2D eigenvalue weighted by molar-refractivity contribution is -0.139. The zero-order valence-electron chi connectivity index (χ0n) is 19.3. The number of unbranched alkanes of at least 4 members (excludes halogenated alkanes) is 2. The Hall–Kier alpha value is -2.99. The average molecular weight is 472 g/mol. The lowest BCUT2D eigenvalue weighted by Crippen LogP contribution is -2.30. The number of benzene rings is 2. The highest BCUT2D eigenvalue weighted by Crippen LogP contribution is 2.41. The van der Waals surface area contributed by atoms with Crippen molar-refractivity contribution in [2.45, 2.75) is 46.1 Å². The van der Waals surface area contributed by atoms with E-state index in [1.165, 1.54) is 0 Å². The summed E-state index contributed by atoms with van der Waals surface area (Å²) in [6, 6.07) is 11.4. The number of aliphatic hydroxyl groups is 1. The molecule has 176 valence electrons. The van der Waals surface area contributed by atoms with Crippen molar-refractivity contribution >= 4 is 29.1 Å². The molecule has 0 spiro atoms. The van der Waals surface area contributed by atoms with Gasteiger partial charge >= 0.3 is 0 Å². The number of halogens is 1. The van der Waals surface area contributed by atoms with Crippen molar-refractivity contribution in [3.8, 4) is 11.5 Å². The van der Waals surface area contributed by atoms with Gasteiger partial charge in [0.25, 0.3) is 11.7 Å². The third-order valence-corrected chi connectivity index (χ3v) is 5.84. The van der Waals surface area contributed by atoms with E-state index in [2.05, 4.69) is 6.92 Å². The lowest BCUT2D eigenvalue weighted by atomic mass is 9.95. The minimum absolute atomic E-state index is 0.0508. The van der Waals surface area contributed by atoms with E-state index in [-0.39, 0.29) is 11.3 Å². The molecule has 3 rings (SSSR count). The summed E-state index contributed by atoms with van der Waals surface area (Å²) in [6.45, 7) is 7.11. The van der Waals surface area contributed by atoms with E-state index >= 15 is 0 Å². The van der Waals surface area contributed by atoms with E-state index in [1.807, 2.05) is 38.1 Å². The van der Waals surface area contributed by atoms with Crippen LogP contribution in [0.4, 0.5) is 0 Å². The maximum Gasteiger partial charge on any atom is 0.295 e. The maximum atomic E-state index is 13.1. The fourth-order valence-corrected chi connectivity index (χ4v) is 4.17. The molecule has 1 N–H and O–H groups in total. The summed E-state index contributed by atoms with van der Waals surface area (Å²) in [4.78, 5) is 27.7. The molecule has 33 heavy (non-hydrogen) atoms. The molecule has 1 heterocycles. The normalized spacial score (nSPS) is 17.5. The summed E-state index contributed by atoms with van der Waals surface area (Å²) in [5.41, 5.74) is 1.12. The molecule has 7 heteroatoms. The number of amides is 1. The Morgan fingerprint density at radius 2 is 1.79 bits per heavy atom. The number of Topliss-reactive ketones (excluding diaryl/α,β-unsaturated/α-hetero) is 1. The van der Waals surface area contributed by atoms with Gasteiger partial charge in [0.2, 0.25) is 0 Å². The van der Waals surface area contributed by atoms with E-state index < -0.39 is 17.7 Å². The first-order valence-corrected chi connectivity index (χ1v) is 11.7. The Kier molecular flexibility index (Phi) is 8.39. The van der Waals surface area contributed by atoms with Gasteiger partial charge in [-0.05, 0) is 56.2 Å². The van der Waals surface area contributed by atoms with Gasteiger partial charge < -0.3 is 19.5 Å². The summed E-state index contributed by atoms with van der Waals surface area (Å²) in [7, 11) is 0. The highest BCUT2D eigenvalue weighted by molar-refractivity contribution is 6.46. The molecule has 0 radical (unpaired) electrons. The SMILES string of the molecule is CCCCCN1C(=O)C(=O)/C(=C(\O)c2ccc(Cl)c(OCC)c2)C1c1cccc(OCC)c1. The van der Waals surface area contributed by atoms with E-state index in [9.17, 15) is 14.7 Å². The first-order chi connectivity index (χ1) is 15.9. The highest BCUT2D eigenvalue weighted by Gasteiger charge is 2.45. The highest BCUT2D eigenvalue weighted by atomic mass is 35.5. The minimum Gasteiger partial charge on any atom is -0.507 e. The second kappa shape index (κ2) is 11.2. The van der Waals surface area contributed by atoms with E-state index in [1.54, 1.807) is 23.1 Å². The van der Waals surface area contributed by atoms with Crippen LogP contribution in [-0.4, -0.2) is 41.5 Å². The Morgan fingerprint density at radius 3 is 2.48 bits per heavy atom. The van der Waals surface area contributed by atoms with Crippen LogP contribution in [0.1, 0.15) is 57.2 Å². The predicted molar refractivity (Wildman–Crippen MR) is 129 cm³/mol. The molecule has 2 aromatic carbocycles. The Morgan fingerprint density at radius 1 is 1.03 bits per heavy atom. The van der Waals surface area contributed by atoms with Crippen molar-refractivity contribution in [1.29, 1.82) is 0 Å². The molecule has 1 aliphatic heterocycles. The second-order valence-corrected chi connectivity index (χ2v) is 8.19. The zero-order chi connectivity index (χ0) is 24.0. The van der Waals surface area contributed by atoms with Crippen LogP contribution < -0.4 is 9.47 Å². The van der Waals surface area contributed by atoms with Crippen LogP contribution >= 0.6 is 11.6 Å². The van der Waals surface area contributed by atoms with Gasteiger partial charge in [-0.1, -0.05) is 43.5 Å². The van der Waals surface area contributed by atoms with Crippen molar-refractivity contribution in [1.82, 2.24) is 4.90 Å². The summed E-state index contributed by atoms with van der Waals surface area (Å²) in [5.74, 6) is -0.535. The first kappa shape index (κ1) is 24.6. The number of ether oxygens (including phenoxy) is 2. The molecule has 1 fully saturated rings. The van der Waals surface area contributed by atoms with Gasteiger partial charge in [0, 0.05) is 12.1 Å². The van der Waals surface area contributed by atoms with Gasteiger partial charge in [-0.15, -0.1) is 0 Å². The van der Waals surface area contributed by atoms with Crippen LogP contribution in [0.5, 0.6) is 11.5 Å². The fourth-order valence-electron chi connectivity index (χ4n) is 4.00. The summed E-state index contributed by atoms with van der Waals surface area (Å²) >= 11 is 6.19. The smallest absolute Gasteiger partial charge is 0.295 e. The third-order valence-electron chi connectivity index (χ3n) is 5.53. The number of likely N-dealkylation sites (tertiary alicyclic amines) is 1. The number of aliphatic hydroxyl groups excluding tert-OH is 1. The number of hydrogen-bond donors (Lipinski definition) is 1. The average Bonchev–Trinajstić information content (AvgIpc) is 3.06. The molecular weight excluding hydrogens is 442 g/mol. The topological polar surface area (TPSA) is 76.1 Å². The van der Waals surface area contributed by atoms with Crippen molar-refractivity contribution in [2.75, 3.05) is 19.8 Å². The van der Waals surface area contributed by atoms with Gasteiger partial charge in [0.05, 0.1) is 29.9 Å². The van der Waals surface area contributed by atoms with Gasteiger partial charge in [0.1, 0.15) is 17.3 Å². The molecule has 2 aromatic rings. The van der Waals surface area contributed by atoms with E-state index in [0.717, 1.165) is 19.3 Å². The minimum atomic E-state index is -0.714. The van der Waals surface area contributed by atoms with Crippen LogP contribution in [0, 0.1) is 0 Å². The van der Waals surface area contributed by atoms with Crippen molar-refractivity contribution < 1.29 is 24.2 Å². The molecule has 0 bridgehead atoms. The van der Waals surface area contributed by atoms with Gasteiger partial charge in [-0.25, -0.2) is 0 Å². The lowest BCUT2D eigenvalue weighted by Gasteiger charge is -2.25. The molecule has 0 saturated carbocycles. The zero-order valence-corrected chi connectivity index (χ0v) is 20.0. The van der Waals surface area contributed by atoms with Gasteiger partial charge in [0.15, 0.2) is 0 Å². The Balaban J connectivity index is 2.14. The van der Waals surface area contributed by atoms with Crippen LogP contribution in [0.15, 0.2) is 48.0 Å². The molecule has 1 unspecified atom stereocenters. The van der Waals surface area contributed by atoms with Crippen molar-refractivity contribution in [3.63, 3.8) is 0 Å². The quantitative estimate of drug-likeness (QED) is 0.206. The number of hydrogen-bond acceptors (Lipinski definition) is 5. The molecule has 1 saturated heterocycles. The van der Waals surface area contributed by atoms with Crippen LogP contribution in [0.3, 0.4) is 0 Å². The number of ketones is 1. The predicted octanol–water partition coefficient (Wildman–Crippen LogP) is 5.75. The molecule has 1 amide bonds. The third kappa shape index (κ3) is 5.33. The largest absolute Gasteiger partial charge is 0.507 e. The van der Waals surface area contributed by atoms with Crippen LogP contribution in [0.2, 0.25) is 5.02 Å². The molecule has 6 nitrogen and oxygen atoms in total. The number of nitrogens with zero attached hydrogens (tertiary/aromatic N) is 1. The Bertz CT molecular complexity index is 1050. The number of carbonyl (C=O) groups excluding carboxylic acids is 2. The molecule has 0 aliphatic carbocycles. The fraction of sp³-hybridized carbons (Fsp3) is 0.385. The maximum absolute atomic E-state index is 13.1. The Labute approximate surface area is 199 Å². The number of carbonyl (C=O) groups is 2. The van der Waals surface area contributed by atoms with E-state index in [0.29, 0.717) is 47.4 Å².